The van der Waals surface area contributed by atoms with Gasteiger partial charge in [0.25, 0.3) is 0 Å². The maximum atomic E-state index is 5.23. The van der Waals surface area contributed by atoms with E-state index in [4.69, 9.17) is 19.9 Å². The van der Waals surface area contributed by atoms with Crippen LogP contribution in [0.25, 0.3) is 180 Å². The lowest BCUT2D eigenvalue weighted by Crippen LogP contribution is -2.14. The third kappa shape index (κ3) is 8.53. The Morgan fingerprint density at radius 3 is 1.11 bits per heavy atom. The smallest absolute Gasteiger partial charge is 0.161 e. The predicted molar refractivity (Wildman–Crippen MR) is 412 cm³/mol. The van der Waals surface area contributed by atoms with Gasteiger partial charge in [-0.2, -0.15) is 0 Å². The van der Waals surface area contributed by atoms with Crippen molar-refractivity contribution >= 4 is 129 Å². The van der Waals surface area contributed by atoms with Gasteiger partial charge in [-0.05, 0) is 131 Å². The van der Waals surface area contributed by atoms with Crippen molar-refractivity contribution in [3.8, 4) is 73.5 Å². The largest absolute Gasteiger partial charge is 0.309 e. The summed E-state index contributed by atoms with van der Waals surface area (Å²) in [7, 11) is 0. The number of benzene rings is 13. The van der Waals surface area contributed by atoms with Gasteiger partial charge in [0.2, 0.25) is 0 Å². The van der Waals surface area contributed by atoms with E-state index in [0.29, 0.717) is 0 Å². The zero-order valence-electron chi connectivity index (χ0n) is 53.4. The summed E-state index contributed by atoms with van der Waals surface area (Å²) in [4.78, 5) is 22.8. The zero-order valence-corrected chi connectivity index (χ0v) is 55.0. The highest BCUT2D eigenvalue weighted by atomic mass is 32.1. The lowest BCUT2D eigenvalue weighted by molar-refractivity contribution is 0.661. The molecule has 7 heterocycles. The summed E-state index contributed by atoms with van der Waals surface area (Å²) >= 11 is 3.46. The number of aromatic nitrogens is 7. The fourth-order valence-corrected chi connectivity index (χ4v) is 18.0. The molecule has 98 heavy (non-hydrogen) atoms. The Kier molecular flexibility index (Phi) is 12.6. The summed E-state index contributed by atoms with van der Waals surface area (Å²) in [6.07, 6.45) is 0. The third-order valence-electron chi connectivity index (χ3n) is 20.2. The van der Waals surface area contributed by atoms with Gasteiger partial charge in [0, 0.05) is 108 Å². The minimum atomic E-state index is -0.0426. The zero-order chi connectivity index (χ0) is 64.7. The molecule has 7 nitrogen and oxygen atoms in total. The molecule has 9 heteroatoms. The molecule has 0 aliphatic heterocycles. The molecule has 0 unspecified atom stereocenters. The Hall–Kier alpha value is -12.1. The Bertz CT molecular complexity index is 6620. The molecule has 0 saturated carbocycles. The number of para-hydroxylation sites is 4. The summed E-state index contributed by atoms with van der Waals surface area (Å²) in [5.41, 5.74) is 22.2. The first kappa shape index (κ1) is 56.2. The summed E-state index contributed by atoms with van der Waals surface area (Å²) < 4.78 is 9.65. The molecule has 0 saturated heterocycles. The summed E-state index contributed by atoms with van der Waals surface area (Å²) in [5.74, 6) is 1.48. The van der Waals surface area contributed by atoms with Gasteiger partial charge in [0.05, 0.1) is 44.5 Å². The molecule has 0 fully saturated rings. The average Bonchev–Trinajstić information content (AvgIpc) is 1.55. The van der Waals surface area contributed by atoms with Crippen LogP contribution in [0.15, 0.2) is 309 Å². The van der Waals surface area contributed by atoms with Gasteiger partial charge in [0.15, 0.2) is 11.6 Å². The van der Waals surface area contributed by atoms with E-state index in [0.717, 1.165) is 82.8 Å². The van der Waals surface area contributed by atoms with Gasteiger partial charge in [-0.1, -0.05) is 214 Å². The maximum Gasteiger partial charge on any atom is 0.161 e. The van der Waals surface area contributed by atoms with Crippen molar-refractivity contribution in [3.63, 3.8) is 0 Å². The molecule has 13 aromatic carbocycles. The van der Waals surface area contributed by atoms with Crippen molar-refractivity contribution < 1.29 is 0 Å². The van der Waals surface area contributed by atoms with Crippen molar-refractivity contribution in [2.24, 2.45) is 0 Å². The van der Waals surface area contributed by atoms with E-state index < -0.39 is 0 Å². The average molecular weight is 1290 g/mol. The first-order valence-electron chi connectivity index (χ1n) is 33.3. The highest BCUT2D eigenvalue weighted by molar-refractivity contribution is 7.26. The van der Waals surface area contributed by atoms with E-state index >= 15 is 0 Å². The molecular weight excluding hydrogens is 1230 g/mol. The number of thiophene rings is 2. The summed E-state index contributed by atoms with van der Waals surface area (Å²) in [6, 6.07) is 111. The molecule has 1 aliphatic rings. The quantitative estimate of drug-likeness (QED) is 0.159. The van der Waals surface area contributed by atoms with Crippen LogP contribution in [0.2, 0.25) is 0 Å². The lowest BCUT2D eigenvalue weighted by atomic mass is 9.82. The van der Waals surface area contributed by atoms with E-state index in [-0.39, 0.29) is 5.41 Å². The molecular formula is C89H57N7S2. The number of rotatable bonds is 7. The molecule has 0 spiro atoms. The van der Waals surface area contributed by atoms with Gasteiger partial charge in [-0.15, -0.1) is 22.7 Å². The predicted octanol–water partition coefficient (Wildman–Crippen LogP) is 24.0. The van der Waals surface area contributed by atoms with Gasteiger partial charge in [-0.25, -0.2) is 19.9 Å². The van der Waals surface area contributed by atoms with Crippen LogP contribution in [0.1, 0.15) is 25.0 Å². The van der Waals surface area contributed by atoms with Crippen molar-refractivity contribution in [2.45, 2.75) is 19.3 Å². The summed E-state index contributed by atoms with van der Waals surface area (Å²) in [6.45, 7) is 4.70. The normalized spacial score (nSPS) is 12.7. The molecule has 7 aromatic heterocycles. The third-order valence-corrected chi connectivity index (χ3v) is 22.3. The van der Waals surface area contributed by atoms with Crippen LogP contribution in [-0.2, 0) is 5.41 Å². The minimum Gasteiger partial charge on any atom is -0.309 e. The van der Waals surface area contributed by atoms with E-state index in [1.807, 2.05) is 6.07 Å². The molecule has 0 radical (unpaired) electrons. The molecule has 0 bridgehead atoms. The number of hydrogen-bond acceptors (Lipinski definition) is 6. The molecule has 460 valence electrons. The second-order valence-electron chi connectivity index (χ2n) is 26.0. The molecule has 1 aliphatic carbocycles. The van der Waals surface area contributed by atoms with E-state index in [9.17, 15) is 0 Å². The molecule has 0 amide bonds. The van der Waals surface area contributed by atoms with Crippen molar-refractivity contribution in [1.82, 2.24) is 33.6 Å². The lowest BCUT2D eigenvalue weighted by Gasteiger charge is -2.21. The fraction of sp³-hybridized carbons (Fsp3) is 0.0337. The SMILES string of the molecule is CC1(C)c2ccccc2-c2c1ccc1c2c2ccccc2n1-c1ccc(-c2nc(-c3ccccc3)c3c(n2)sc2ccccc23)cc1.c1ccc(-c2nc(-c3ccc(-n4c5ccccc5c5c6c7ccccc7n(-c7ccccc7)c6ccc54)cc3)nc3sc4ccccc4c23)cc1. The highest BCUT2D eigenvalue weighted by Gasteiger charge is 2.37. The topological polar surface area (TPSA) is 66.3 Å². The van der Waals surface area contributed by atoms with Crippen LogP contribution >= 0.6 is 22.7 Å². The van der Waals surface area contributed by atoms with Crippen molar-refractivity contribution in [3.05, 3.63) is 321 Å². The second kappa shape index (κ2) is 22.0. The highest BCUT2D eigenvalue weighted by Crippen LogP contribution is 2.54. The van der Waals surface area contributed by atoms with Gasteiger partial charge in [0.1, 0.15) is 9.66 Å². The van der Waals surface area contributed by atoms with Crippen LogP contribution in [0.3, 0.4) is 0 Å². The van der Waals surface area contributed by atoms with Crippen molar-refractivity contribution in [2.75, 3.05) is 0 Å². The van der Waals surface area contributed by atoms with Gasteiger partial charge >= 0.3 is 0 Å². The summed E-state index contributed by atoms with van der Waals surface area (Å²) in [5, 5.41) is 12.3. The van der Waals surface area contributed by atoms with E-state index in [1.54, 1.807) is 22.7 Å². The minimum absolute atomic E-state index is 0.0426. The first-order valence-corrected chi connectivity index (χ1v) is 34.9. The van der Waals surface area contributed by atoms with Gasteiger partial charge in [-0.3, -0.25) is 0 Å². The molecule has 21 rings (SSSR count). The molecule has 0 atom stereocenters. The first-order chi connectivity index (χ1) is 48.4. The number of hydrogen-bond donors (Lipinski definition) is 0. The van der Waals surface area contributed by atoms with Crippen LogP contribution in [0.5, 0.6) is 0 Å². The van der Waals surface area contributed by atoms with Crippen LogP contribution in [0, 0.1) is 0 Å². The maximum absolute atomic E-state index is 5.23. The standard InChI is InChI=1S/C46H28N4S.C43H29N3S/c1-3-13-29(14-4-1)44-43-35-19-9-12-22-40(35)51-46(43)48-45(47-44)30-23-25-32(26-24-30)50-37-21-11-8-18-34(37)42-39(50)28-27-38-41(42)33-17-7-10-20-36(33)49(38)31-15-5-2-6-16-31;1-43(2)32-17-9-6-14-29(32)37-33(43)24-25-35-38(37)30-15-7-10-18-34(30)46(35)28-22-20-27(21-23-28)41-44-40(26-12-4-3-5-13-26)39-31-16-8-11-19-36(31)47-42(39)45-41/h1-28H;3-25H,1-2H3. The Labute approximate surface area is 571 Å². The number of fused-ring (bicyclic) bond motifs is 20. The van der Waals surface area contributed by atoms with Crippen LogP contribution in [0.4, 0.5) is 0 Å². The Morgan fingerprint density at radius 1 is 0.265 bits per heavy atom. The second-order valence-corrected chi connectivity index (χ2v) is 28.0. The monoisotopic (exact) mass is 1290 g/mol. The van der Waals surface area contributed by atoms with Crippen LogP contribution < -0.4 is 0 Å². The Morgan fingerprint density at radius 2 is 0.633 bits per heavy atom. The molecule has 0 N–H and O–H groups in total. The number of nitrogens with zero attached hydrogens (tertiary/aromatic N) is 7. The fourth-order valence-electron chi connectivity index (χ4n) is 15.8. The van der Waals surface area contributed by atoms with E-state index in [2.05, 4.69) is 331 Å². The Balaban J connectivity index is 0.000000133. The van der Waals surface area contributed by atoms with E-state index in [1.165, 1.54) is 108 Å². The van der Waals surface area contributed by atoms with Crippen LogP contribution in [-0.4, -0.2) is 33.6 Å². The molecule has 20 aromatic rings. The van der Waals surface area contributed by atoms with Crippen molar-refractivity contribution in [1.29, 1.82) is 0 Å². The van der Waals surface area contributed by atoms with Gasteiger partial charge < -0.3 is 13.7 Å².